The van der Waals surface area contributed by atoms with Crippen molar-refractivity contribution < 1.29 is 4.79 Å². The van der Waals surface area contributed by atoms with E-state index in [1.54, 1.807) is 11.3 Å². The molecule has 2 heterocycles. The van der Waals surface area contributed by atoms with E-state index in [1.807, 2.05) is 36.1 Å². The van der Waals surface area contributed by atoms with Gasteiger partial charge in [-0.05, 0) is 37.6 Å². The Hall–Kier alpha value is -1.88. The summed E-state index contributed by atoms with van der Waals surface area (Å²) in [5, 5.41) is 6.49. The van der Waals surface area contributed by atoms with Crippen LogP contribution in [0.3, 0.4) is 0 Å². The van der Waals surface area contributed by atoms with Gasteiger partial charge in [-0.3, -0.25) is 4.79 Å². The summed E-state index contributed by atoms with van der Waals surface area (Å²) in [6.07, 6.45) is 1.63. The molecule has 0 saturated carbocycles. The Morgan fingerprint density at radius 1 is 1.35 bits per heavy atom. The quantitative estimate of drug-likeness (QED) is 0.939. The Morgan fingerprint density at radius 2 is 2.15 bits per heavy atom. The van der Waals surface area contributed by atoms with Crippen molar-refractivity contribution in [2.75, 3.05) is 16.8 Å². The highest BCUT2D eigenvalue weighted by Crippen LogP contribution is 2.23. The molecule has 2 aromatic rings. The van der Waals surface area contributed by atoms with Gasteiger partial charge in [0, 0.05) is 35.4 Å². The van der Waals surface area contributed by atoms with Crippen LogP contribution in [0.4, 0.5) is 11.4 Å². The number of amides is 1. The molecule has 20 heavy (non-hydrogen) atoms. The Bertz CT molecular complexity index is 606. The van der Waals surface area contributed by atoms with Crippen molar-refractivity contribution in [2.45, 2.75) is 26.3 Å². The minimum Gasteiger partial charge on any atom is -0.379 e. The van der Waals surface area contributed by atoms with Crippen LogP contribution in [0.1, 0.15) is 23.5 Å². The van der Waals surface area contributed by atoms with Crippen molar-refractivity contribution in [2.24, 2.45) is 0 Å². The van der Waals surface area contributed by atoms with E-state index in [0.717, 1.165) is 41.6 Å². The largest absolute Gasteiger partial charge is 0.379 e. The first-order valence-electron chi connectivity index (χ1n) is 6.78. The van der Waals surface area contributed by atoms with Crippen LogP contribution in [-0.4, -0.2) is 17.4 Å². The number of carbonyl (C=O) groups is 1. The van der Waals surface area contributed by atoms with Crippen molar-refractivity contribution in [1.82, 2.24) is 4.98 Å². The molecular formula is C15H17N3OS. The lowest BCUT2D eigenvalue weighted by Crippen LogP contribution is -2.23. The van der Waals surface area contributed by atoms with Crippen molar-refractivity contribution in [1.29, 1.82) is 0 Å². The molecule has 104 valence electrons. The summed E-state index contributed by atoms with van der Waals surface area (Å²) in [5.41, 5.74) is 3.10. The molecule has 1 aliphatic heterocycles. The Balaban J connectivity index is 1.62. The van der Waals surface area contributed by atoms with Crippen molar-refractivity contribution in [3.63, 3.8) is 0 Å². The summed E-state index contributed by atoms with van der Waals surface area (Å²) >= 11 is 1.67. The smallest absolute Gasteiger partial charge is 0.227 e. The highest BCUT2D eigenvalue weighted by atomic mass is 32.1. The molecular weight excluding hydrogens is 270 g/mol. The van der Waals surface area contributed by atoms with Crippen LogP contribution >= 0.6 is 11.3 Å². The first-order chi connectivity index (χ1) is 9.72. The van der Waals surface area contributed by atoms with Crippen LogP contribution in [0, 0.1) is 6.92 Å². The van der Waals surface area contributed by atoms with Gasteiger partial charge in [0.05, 0.1) is 6.54 Å². The molecule has 5 heteroatoms. The van der Waals surface area contributed by atoms with Gasteiger partial charge in [-0.2, -0.15) is 0 Å². The maximum atomic E-state index is 11.7. The lowest BCUT2D eigenvalue weighted by molar-refractivity contribution is -0.117. The number of carbonyl (C=O) groups excluding carboxylic acids is 1. The minimum atomic E-state index is 0.226. The van der Waals surface area contributed by atoms with E-state index < -0.39 is 0 Å². The second-order valence-corrected chi connectivity index (χ2v) is 5.87. The Morgan fingerprint density at radius 3 is 2.75 bits per heavy atom. The second kappa shape index (κ2) is 5.63. The van der Waals surface area contributed by atoms with Gasteiger partial charge in [0.15, 0.2) is 0 Å². The first-order valence-corrected chi connectivity index (χ1v) is 7.65. The van der Waals surface area contributed by atoms with Gasteiger partial charge in [-0.15, -0.1) is 11.3 Å². The van der Waals surface area contributed by atoms with Gasteiger partial charge in [0.25, 0.3) is 0 Å². The van der Waals surface area contributed by atoms with Crippen LogP contribution in [0.2, 0.25) is 0 Å². The zero-order valence-electron chi connectivity index (χ0n) is 11.4. The molecule has 1 aromatic heterocycles. The van der Waals surface area contributed by atoms with E-state index in [4.69, 9.17) is 0 Å². The van der Waals surface area contributed by atoms with Crippen LogP contribution in [0.25, 0.3) is 0 Å². The summed E-state index contributed by atoms with van der Waals surface area (Å²) < 4.78 is 0. The third-order valence-electron chi connectivity index (χ3n) is 3.36. The number of hydrogen-bond acceptors (Lipinski definition) is 4. The molecule has 0 bridgehead atoms. The summed E-state index contributed by atoms with van der Waals surface area (Å²) in [6, 6.07) is 8.03. The van der Waals surface area contributed by atoms with E-state index in [0.29, 0.717) is 6.42 Å². The summed E-state index contributed by atoms with van der Waals surface area (Å²) in [6.45, 7) is 3.58. The molecule has 4 nitrogen and oxygen atoms in total. The van der Waals surface area contributed by atoms with Gasteiger partial charge in [-0.1, -0.05) is 0 Å². The van der Waals surface area contributed by atoms with Crippen molar-refractivity contribution in [3.8, 4) is 0 Å². The van der Waals surface area contributed by atoms with Crippen molar-refractivity contribution in [3.05, 3.63) is 40.3 Å². The third-order valence-corrected chi connectivity index (χ3v) is 4.33. The average Bonchev–Trinajstić information content (AvgIpc) is 3.06. The highest BCUT2D eigenvalue weighted by molar-refractivity contribution is 7.09. The monoisotopic (exact) mass is 287 g/mol. The number of nitrogens with zero attached hydrogens (tertiary/aromatic N) is 2. The maximum Gasteiger partial charge on any atom is 0.227 e. The van der Waals surface area contributed by atoms with E-state index in [2.05, 4.69) is 15.7 Å². The van der Waals surface area contributed by atoms with Gasteiger partial charge in [0.1, 0.15) is 5.01 Å². The van der Waals surface area contributed by atoms with Crippen LogP contribution in [-0.2, 0) is 11.3 Å². The predicted octanol–water partition coefficient (Wildman–Crippen LogP) is 3.19. The summed E-state index contributed by atoms with van der Waals surface area (Å²) in [4.78, 5) is 18.0. The number of aromatic nitrogens is 1. The number of hydrogen-bond donors (Lipinski definition) is 1. The van der Waals surface area contributed by atoms with Gasteiger partial charge >= 0.3 is 0 Å². The van der Waals surface area contributed by atoms with Crippen LogP contribution in [0.5, 0.6) is 0 Å². The highest BCUT2D eigenvalue weighted by Gasteiger charge is 2.21. The molecule has 1 fully saturated rings. The summed E-state index contributed by atoms with van der Waals surface area (Å²) in [7, 11) is 0. The average molecular weight is 287 g/mol. The lowest BCUT2D eigenvalue weighted by atomic mass is 10.2. The van der Waals surface area contributed by atoms with E-state index >= 15 is 0 Å². The molecule has 0 spiro atoms. The van der Waals surface area contributed by atoms with Crippen molar-refractivity contribution >= 4 is 28.6 Å². The minimum absolute atomic E-state index is 0.226. The summed E-state index contributed by atoms with van der Waals surface area (Å²) in [5.74, 6) is 0.226. The lowest BCUT2D eigenvalue weighted by Gasteiger charge is -2.16. The number of nitrogens with one attached hydrogen (secondary N) is 1. The first kappa shape index (κ1) is 13.1. The predicted molar refractivity (Wildman–Crippen MR) is 82.2 cm³/mol. The molecule has 0 unspecified atom stereocenters. The van der Waals surface area contributed by atoms with Gasteiger partial charge in [0.2, 0.25) is 5.91 Å². The molecule has 3 rings (SSSR count). The SMILES string of the molecule is Cc1csc(CNc2ccc(N3CCCC3=O)cc2)n1. The fraction of sp³-hybridized carbons (Fsp3) is 0.333. The topological polar surface area (TPSA) is 45.2 Å². The fourth-order valence-corrected chi connectivity index (χ4v) is 3.05. The number of rotatable bonds is 4. The molecule has 1 aliphatic rings. The third kappa shape index (κ3) is 2.82. The fourth-order valence-electron chi connectivity index (χ4n) is 2.34. The van der Waals surface area contributed by atoms with Crippen LogP contribution in [0.15, 0.2) is 29.6 Å². The molecule has 1 amide bonds. The van der Waals surface area contributed by atoms with E-state index in [-0.39, 0.29) is 5.91 Å². The number of anilines is 2. The number of benzene rings is 1. The normalized spacial score (nSPS) is 14.8. The molecule has 1 N–H and O–H groups in total. The van der Waals surface area contributed by atoms with Gasteiger partial charge in [-0.25, -0.2) is 4.98 Å². The maximum absolute atomic E-state index is 11.7. The molecule has 0 radical (unpaired) electrons. The molecule has 0 aliphatic carbocycles. The van der Waals surface area contributed by atoms with E-state index in [9.17, 15) is 4.79 Å². The number of aryl methyl sites for hydroxylation is 1. The Labute approximate surface area is 122 Å². The molecule has 1 aromatic carbocycles. The Kier molecular flexibility index (Phi) is 3.69. The second-order valence-electron chi connectivity index (χ2n) is 4.93. The standard InChI is InChI=1S/C15H17N3OS/c1-11-10-20-14(17-11)9-16-12-4-6-13(7-5-12)18-8-2-3-15(18)19/h4-7,10,16H,2-3,8-9H2,1H3. The zero-order chi connectivity index (χ0) is 13.9. The van der Waals surface area contributed by atoms with Gasteiger partial charge < -0.3 is 10.2 Å². The van der Waals surface area contributed by atoms with Crippen LogP contribution < -0.4 is 10.2 Å². The number of thiazole rings is 1. The molecule has 0 atom stereocenters. The molecule has 1 saturated heterocycles. The zero-order valence-corrected chi connectivity index (χ0v) is 12.2. The van der Waals surface area contributed by atoms with E-state index in [1.165, 1.54) is 0 Å².